The predicted octanol–water partition coefficient (Wildman–Crippen LogP) is 3.16. The maximum absolute atomic E-state index is 12.1. The van der Waals surface area contributed by atoms with E-state index >= 15 is 0 Å². The number of aromatic nitrogens is 3. The van der Waals surface area contributed by atoms with Crippen molar-refractivity contribution in [1.82, 2.24) is 15.0 Å². The van der Waals surface area contributed by atoms with Crippen molar-refractivity contribution in [3.63, 3.8) is 0 Å². The van der Waals surface area contributed by atoms with Crippen molar-refractivity contribution in [2.75, 3.05) is 5.32 Å². The van der Waals surface area contributed by atoms with Crippen LogP contribution in [0.1, 0.15) is 0 Å². The number of nitrogens with one attached hydrogen (secondary N) is 1. The second kappa shape index (κ2) is 4.70. The Balaban J connectivity index is 1.94. The van der Waals surface area contributed by atoms with Crippen molar-refractivity contribution in [1.29, 1.82) is 0 Å². The van der Waals surface area contributed by atoms with Crippen molar-refractivity contribution < 1.29 is 4.79 Å². The van der Waals surface area contributed by atoms with Crippen LogP contribution in [0.25, 0.3) is 11.0 Å². The molecule has 0 atom stereocenters. The lowest BCUT2D eigenvalue weighted by Crippen LogP contribution is -2.20. The topological polar surface area (TPSA) is 59.8 Å². The van der Waals surface area contributed by atoms with Gasteiger partial charge in [-0.15, -0.1) is 5.10 Å². The number of fused-ring (bicyclic) bond motifs is 1. The molecule has 0 aliphatic heterocycles. The molecule has 19 heavy (non-hydrogen) atoms. The zero-order valence-electron chi connectivity index (χ0n) is 9.75. The molecule has 0 aliphatic rings. The number of rotatable bonds is 1. The molecule has 0 radical (unpaired) electrons. The van der Waals surface area contributed by atoms with Crippen LogP contribution in [0.3, 0.4) is 0 Å². The number of hydrogen-bond acceptors (Lipinski definition) is 3. The zero-order valence-corrected chi connectivity index (χ0v) is 10.5. The smallest absolute Gasteiger partial charge is 0.306 e. The van der Waals surface area contributed by atoms with Gasteiger partial charge in [-0.25, -0.2) is 4.79 Å². The Hall–Kier alpha value is -2.40. The Bertz CT molecular complexity index is 739. The average molecular weight is 273 g/mol. The monoisotopic (exact) mass is 272 g/mol. The maximum Gasteiger partial charge on any atom is 0.348 e. The van der Waals surface area contributed by atoms with Crippen LogP contribution < -0.4 is 5.32 Å². The lowest BCUT2D eigenvalue weighted by molar-refractivity contribution is 0.251. The van der Waals surface area contributed by atoms with Crippen molar-refractivity contribution in [3.05, 3.63) is 53.6 Å². The zero-order chi connectivity index (χ0) is 13.2. The van der Waals surface area contributed by atoms with E-state index in [-0.39, 0.29) is 6.03 Å². The van der Waals surface area contributed by atoms with Crippen molar-refractivity contribution in [2.24, 2.45) is 0 Å². The van der Waals surface area contributed by atoms with Gasteiger partial charge in [-0.05, 0) is 30.3 Å². The first-order valence-corrected chi connectivity index (χ1v) is 5.99. The molecule has 1 aromatic heterocycles. The lowest BCUT2D eigenvalue weighted by atomic mass is 10.3. The fraction of sp³-hybridized carbons (Fsp3) is 0. The Labute approximate surface area is 113 Å². The van der Waals surface area contributed by atoms with Crippen LogP contribution in [0, 0.1) is 0 Å². The molecule has 0 bridgehead atoms. The number of halogens is 1. The molecule has 0 spiro atoms. The highest BCUT2D eigenvalue weighted by molar-refractivity contribution is 6.31. The normalized spacial score (nSPS) is 10.6. The minimum Gasteiger partial charge on any atom is -0.306 e. The van der Waals surface area contributed by atoms with Gasteiger partial charge in [0, 0.05) is 10.7 Å². The summed E-state index contributed by atoms with van der Waals surface area (Å²) in [5, 5.41) is 11.0. The van der Waals surface area contributed by atoms with Crippen LogP contribution in [0.4, 0.5) is 10.5 Å². The number of carbonyl (C=O) groups excluding carboxylic acids is 1. The summed E-state index contributed by atoms with van der Waals surface area (Å²) < 4.78 is 1.21. The second-order valence-corrected chi connectivity index (χ2v) is 4.37. The molecular weight excluding hydrogens is 264 g/mol. The molecule has 1 amide bonds. The molecule has 94 valence electrons. The van der Waals surface area contributed by atoms with Gasteiger partial charge < -0.3 is 5.32 Å². The van der Waals surface area contributed by atoms with Crippen LogP contribution in [-0.2, 0) is 0 Å². The number of amides is 1. The third-order valence-electron chi connectivity index (χ3n) is 2.62. The van der Waals surface area contributed by atoms with E-state index in [0.29, 0.717) is 21.7 Å². The molecule has 0 fully saturated rings. The first-order valence-electron chi connectivity index (χ1n) is 5.61. The fourth-order valence-electron chi connectivity index (χ4n) is 1.74. The van der Waals surface area contributed by atoms with Crippen LogP contribution in [-0.4, -0.2) is 21.0 Å². The maximum atomic E-state index is 12.1. The summed E-state index contributed by atoms with van der Waals surface area (Å²) in [6, 6.07) is 13.9. The third-order valence-corrected chi connectivity index (χ3v) is 2.86. The standard InChI is InChI=1S/C13H9ClN4O/c14-9-6-7-12-11(8-9)16-17-18(12)13(19)15-10-4-2-1-3-5-10/h1-8H,(H,15,19). The van der Waals surface area contributed by atoms with E-state index in [4.69, 9.17) is 11.6 Å². The second-order valence-electron chi connectivity index (χ2n) is 3.93. The predicted molar refractivity (Wildman–Crippen MR) is 73.4 cm³/mol. The molecule has 1 N–H and O–H groups in total. The van der Waals surface area contributed by atoms with E-state index in [2.05, 4.69) is 15.6 Å². The molecule has 0 unspecified atom stereocenters. The summed E-state index contributed by atoms with van der Waals surface area (Å²) in [5.74, 6) is 0. The number of anilines is 1. The highest BCUT2D eigenvalue weighted by Crippen LogP contribution is 2.17. The molecule has 3 aromatic rings. The number of hydrogen-bond donors (Lipinski definition) is 1. The molecular formula is C13H9ClN4O. The first kappa shape index (κ1) is 11.7. The van der Waals surface area contributed by atoms with Gasteiger partial charge in [0.25, 0.3) is 0 Å². The molecule has 5 nitrogen and oxygen atoms in total. The SMILES string of the molecule is O=C(Nc1ccccc1)n1nnc2cc(Cl)ccc21. The Morgan fingerprint density at radius 2 is 1.95 bits per heavy atom. The fourth-order valence-corrected chi connectivity index (χ4v) is 1.91. The van der Waals surface area contributed by atoms with Crippen molar-refractivity contribution >= 4 is 34.4 Å². The summed E-state index contributed by atoms with van der Waals surface area (Å²) in [5.41, 5.74) is 1.89. The van der Waals surface area contributed by atoms with Crippen LogP contribution in [0.15, 0.2) is 48.5 Å². The quantitative estimate of drug-likeness (QED) is 0.740. The molecule has 0 saturated heterocycles. The molecule has 3 rings (SSSR count). The summed E-state index contributed by atoms with van der Waals surface area (Å²) in [6.45, 7) is 0. The van der Waals surface area contributed by atoms with Crippen LogP contribution in [0.2, 0.25) is 5.02 Å². The molecule has 0 saturated carbocycles. The van der Waals surface area contributed by atoms with Gasteiger partial charge in [-0.1, -0.05) is 35.0 Å². The Morgan fingerprint density at radius 3 is 2.74 bits per heavy atom. The van der Waals surface area contributed by atoms with Crippen LogP contribution >= 0.6 is 11.6 Å². The summed E-state index contributed by atoms with van der Waals surface area (Å²) in [4.78, 5) is 12.1. The number of para-hydroxylation sites is 1. The number of carbonyl (C=O) groups is 1. The van der Waals surface area contributed by atoms with Gasteiger partial charge in [-0.2, -0.15) is 4.68 Å². The van der Waals surface area contributed by atoms with E-state index < -0.39 is 0 Å². The van der Waals surface area contributed by atoms with Gasteiger partial charge in [-0.3, -0.25) is 0 Å². The minimum absolute atomic E-state index is 0.365. The number of nitrogens with zero attached hydrogens (tertiary/aromatic N) is 3. The Morgan fingerprint density at radius 1 is 1.16 bits per heavy atom. The van der Waals surface area contributed by atoms with Crippen molar-refractivity contribution in [3.8, 4) is 0 Å². The first-order chi connectivity index (χ1) is 9.24. The van der Waals surface area contributed by atoms with Gasteiger partial charge in [0.15, 0.2) is 0 Å². The van der Waals surface area contributed by atoms with Gasteiger partial charge in [0.1, 0.15) is 5.52 Å². The molecule has 0 aliphatic carbocycles. The van der Waals surface area contributed by atoms with E-state index in [1.54, 1.807) is 30.3 Å². The number of benzene rings is 2. The highest BCUT2D eigenvalue weighted by atomic mass is 35.5. The van der Waals surface area contributed by atoms with Gasteiger partial charge in [0.2, 0.25) is 0 Å². The van der Waals surface area contributed by atoms with E-state index in [0.717, 1.165) is 0 Å². The largest absolute Gasteiger partial charge is 0.348 e. The van der Waals surface area contributed by atoms with Crippen LogP contribution in [0.5, 0.6) is 0 Å². The molecule has 1 heterocycles. The Kier molecular flexibility index (Phi) is 2.89. The van der Waals surface area contributed by atoms with E-state index in [9.17, 15) is 4.79 Å². The third kappa shape index (κ3) is 2.28. The summed E-state index contributed by atoms with van der Waals surface area (Å²) in [7, 11) is 0. The lowest BCUT2D eigenvalue weighted by Gasteiger charge is -2.04. The van der Waals surface area contributed by atoms with E-state index in [1.807, 2.05) is 18.2 Å². The van der Waals surface area contributed by atoms with Crippen molar-refractivity contribution in [2.45, 2.75) is 0 Å². The van der Waals surface area contributed by atoms with Gasteiger partial charge >= 0.3 is 6.03 Å². The van der Waals surface area contributed by atoms with E-state index in [1.165, 1.54) is 4.68 Å². The summed E-state index contributed by atoms with van der Waals surface area (Å²) >= 11 is 5.86. The molecule has 2 aromatic carbocycles. The molecule has 6 heteroatoms. The van der Waals surface area contributed by atoms with Gasteiger partial charge in [0.05, 0.1) is 5.52 Å². The summed E-state index contributed by atoms with van der Waals surface area (Å²) in [6.07, 6.45) is 0. The minimum atomic E-state index is -0.365. The highest BCUT2D eigenvalue weighted by Gasteiger charge is 2.12. The average Bonchev–Trinajstić information content (AvgIpc) is 2.82.